The van der Waals surface area contributed by atoms with E-state index >= 15 is 0 Å². The van der Waals surface area contributed by atoms with Gasteiger partial charge < -0.3 is 16.0 Å². The lowest BCUT2D eigenvalue weighted by molar-refractivity contribution is 0.626. The van der Waals surface area contributed by atoms with Crippen LogP contribution >= 0.6 is 11.6 Å². The van der Waals surface area contributed by atoms with Crippen molar-refractivity contribution >= 4 is 29.3 Å². The summed E-state index contributed by atoms with van der Waals surface area (Å²) in [5, 5.41) is 3.49. The van der Waals surface area contributed by atoms with Crippen LogP contribution in [0.15, 0.2) is 71.8 Å². The summed E-state index contributed by atoms with van der Waals surface area (Å²) >= 11 is 6.39. The van der Waals surface area contributed by atoms with Crippen LogP contribution in [0.1, 0.15) is 33.6 Å². The van der Waals surface area contributed by atoms with Gasteiger partial charge >= 0.3 is 0 Å². The number of benzene rings is 1. The van der Waals surface area contributed by atoms with Gasteiger partial charge in [-0.1, -0.05) is 44.7 Å². The summed E-state index contributed by atoms with van der Waals surface area (Å²) in [6.07, 6.45) is 6.96. The van der Waals surface area contributed by atoms with E-state index in [-0.39, 0.29) is 11.6 Å². The molecule has 0 unspecified atom stereocenters. The standard InChI is InChI=1S/C25H31ClFN5/c1-6-9-32(10-7-2)23-12-20(11-22(26)14-23)21-13-24(27)25(30-16-21)31-17(4)19(8-3)15-29-18(5)28/h8,11-16H,4-7,9-10,28H2,1-3H3,(H,30,31)/b19-8+,29-15-. The van der Waals surface area contributed by atoms with Crippen molar-refractivity contribution in [3.05, 3.63) is 77.6 Å². The maximum Gasteiger partial charge on any atom is 0.166 e. The van der Waals surface area contributed by atoms with Crippen molar-refractivity contribution in [3.8, 4) is 11.1 Å². The van der Waals surface area contributed by atoms with Gasteiger partial charge in [-0.3, -0.25) is 0 Å². The first-order chi connectivity index (χ1) is 15.3. The number of aliphatic imine (C=N–C) groups is 1. The van der Waals surface area contributed by atoms with Gasteiger partial charge in [-0.25, -0.2) is 14.4 Å². The summed E-state index contributed by atoms with van der Waals surface area (Å²) in [6.45, 7) is 15.4. The van der Waals surface area contributed by atoms with E-state index in [4.69, 9.17) is 17.3 Å². The van der Waals surface area contributed by atoms with Crippen LogP contribution in [0.4, 0.5) is 15.9 Å². The number of nitrogens with two attached hydrogens (primary N) is 1. The molecule has 32 heavy (non-hydrogen) atoms. The third-order valence-electron chi connectivity index (χ3n) is 4.71. The number of rotatable bonds is 11. The lowest BCUT2D eigenvalue weighted by Crippen LogP contribution is -2.24. The summed E-state index contributed by atoms with van der Waals surface area (Å²) in [5.74, 6) is -0.262. The minimum absolute atomic E-state index is 0.0684. The van der Waals surface area contributed by atoms with Gasteiger partial charge in [0.05, 0.1) is 0 Å². The number of nitrogens with one attached hydrogen (secondary N) is 1. The van der Waals surface area contributed by atoms with E-state index in [9.17, 15) is 4.39 Å². The Morgan fingerprint density at radius 1 is 1.19 bits per heavy atom. The number of hydrogen-bond acceptors (Lipinski definition) is 5. The molecule has 0 amide bonds. The Hall–Kier alpha value is -3.12. The monoisotopic (exact) mass is 455 g/mol. The van der Waals surface area contributed by atoms with Gasteiger partial charge in [0.1, 0.15) is 5.82 Å². The summed E-state index contributed by atoms with van der Waals surface area (Å²) < 4.78 is 14.9. The molecule has 1 aromatic carbocycles. The van der Waals surface area contributed by atoms with Crippen LogP contribution in [0, 0.1) is 5.82 Å². The molecule has 0 aliphatic heterocycles. The Kier molecular flexibility index (Phi) is 9.47. The topological polar surface area (TPSA) is 66.5 Å². The predicted molar refractivity (Wildman–Crippen MR) is 136 cm³/mol. The number of pyridine rings is 1. The Labute approximate surface area is 195 Å². The third kappa shape index (κ3) is 6.95. The lowest BCUT2D eigenvalue weighted by atomic mass is 10.1. The van der Waals surface area contributed by atoms with E-state index < -0.39 is 5.82 Å². The molecule has 0 atom stereocenters. The molecule has 0 fully saturated rings. The molecular weight excluding hydrogens is 425 g/mol. The van der Waals surface area contributed by atoms with E-state index in [2.05, 4.69) is 47.2 Å². The van der Waals surface area contributed by atoms with Gasteiger partial charge in [-0.15, -0.1) is 0 Å². The average molecular weight is 456 g/mol. The van der Waals surface area contributed by atoms with Gasteiger partial charge in [-0.05, 0) is 49.6 Å². The van der Waals surface area contributed by atoms with Crippen LogP contribution in [-0.2, 0) is 0 Å². The fourth-order valence-corrected chi connectivity index (χ4v) is 3.44. The maximum atomic E-state index is 14.9. The van der Waals surface area contributed by atoms with Crippen LogP contribution in [0.3, 0.4) is 0 Å². The molecule has 1 heterocycles. The molecule has 5 nitrogen and oxygen atoms in total. The minimum atomic E-state index is -0.500. The Bertz CT molecular complexity index is 1020. The van der Waals surface area contributed by atoms with E-state index in [0.717, 1.165) is 37.2 Å². The fourth-order valence-electron chi connectivity index (χ4n) is 3.22. The highest BCUT2D eigenvalue weighted by Crippen LogP contribution is 2.31. The second-order valence-electron chi connectivity index (χ2n) is 7.34. The zero-order valence-electron chi connectivity index (χ0n) is 19.0. The summed E-state index contributed by atoms with van der Waals surface area (Å²) in [7, 11) is 0. The summed E-state index contributed by atoms with van der Waals surface area (Å²) in [6, 6.07) is 7.22. The number of anilines is 2. The molecule has 0 spiro atoms. The molecule has 170 valence electrons. The maximum absolute atomic E-state index is 14.9. The molecule has 2 rings (SSSR count). The van der Waals surface area contributed by atoms with Crippen LogP contribution in [0.2, 0.25) is 5.02 Å². The zero-order chi connectivity index (χ0) is 23.7. The first-order valence-corrected chi connectivity index (χ1v) is 11.0. The summed E-state index contributed by atoms with van der Waals surface area (Å²) in [4.78, 5) is 10.5. The highest BCUT2D eigenvalue weighted by atomic mass is 35.5. The molecule has 0 saturated carbocycles. The van der Waals surface area contributed by atoms with Crippen molar-refractivity contribution in [3.63, 3.8) is 0 Å². The molecule has 7 heteroatoms. The van der Waals surface area contributed by atoms with Crippen LogP contribution < -0.4 is 16.0 Å². The molecule has 0 aliphatic carbocycles. The normalized spacial score (nSPS) is 11.6. The van der Waals surface area contributed by atoms with Gasteiger partial charge in [0.15, 0.2) is 11.6 Å². The molecule has 0 saturated heterocycles. The number of nitrogens with zero attached hydrogens (tertiary/aromatic N) is 3. The van der Waals surface area contributed by atoms with E-state index in [1.807, 2.05) is 25.1 Å². The molecule has 0 aliphatic rings. The minimum Gasteiger partial charge on any atom is -0.384 e. The van der Waals surface area contributed by atoms with Crippen LogP contribution in [-0.4, -0.2) is 24.3 Å². The van der Waals surface area contributed by atoms with E-state index in [1.54, 1.807) is 12.3 Å². The molecule has 0 radical (unpaired) electrons. The molecule has 1 aromatic heterocycles. The zero-order valence-corrected chi connectivity index (χ0v) is 19.7. The number of halogens is 2. The SMILES string of the molecule is C=C(N)/N=C\C(=C/C)C(=C)Nc1ncc(-c2cc(Cl)cc(N(CCC)CCC)c2)cc1F. The smallest absolute Gasteiger partial charge is 0.166 e. The third-order valence-corrected chi connectivity index (χ3v) is 4.93. The Morgan fingerprint density at radius 2 is 1.88 bits per heavy atom. The fraction of sp³-hybridized carbons (Fsp3) is 0.280. The van der Waals surface area contributed by atoms with Crippen molar-refractivity contribution in [2.75, 3.05) is 23.3 Å². The Balaban J connectivity index is 2.30. The largest absolute Gasteiger partial charge is 0.384 e. The van der Waals surface area contributed by atoms with Gasteiger partial charge in [-0.2, -0.15) is 0 Å². The van der Waals surface area contributed by atoms with Crippen molar-refractivity contribution in [2.24, 2.45) is 10.7 Å². The van der Waals surface area contributed by atoms with Crippen molar-refractivity contribution in [1.29, 1.82) is 0 Å². The van der Waals surface area contributed by atoms with Gasteiger partial charge in [0.2, 0.25) is 0 Å². The van der Waals surface area contributed by atoms with E-state index in [0.29, 0.717) is 21.9 Å². The van der Waals surface area contributed by atoms with Crippen molar-refractivity contribution < 1.29 is 4.39 Å². The first kappa shape index (κ1) is 25.1. The average Bonchev–Trinajstić information content (AvgIpc) is 2.74. The van der Waals surface area contributed by atoms with E-state index in [1.165, 1.54) is 12.3 Å². The molecular formula is C25H31ClFN5. The van der Waals surface area contributed by atoms with Crippen molar-refractivity contribution in [2.45, 2.75) is 33.6 Å². The lowest BCUT2D eigenvalue weighted by Gasteiger charge is -2.24. The second-order valence-corrected chi connectivity index (χ2v) is 7.77. The second kappa shape index (κ2) is 12.1. The molecule has 0 bridgehead atoms. The Morgan fingerprint density at radius 3 is 2.44 bits per heavy atom. The van der Waals surface area contributed by atoms with Gasteiger partial charge in [0.25, 0.3) is 0 Å². The highest BCUT2D eigenvalue weighted by Gasteiger charge is 2.12. The van der Waals surface area contributed by atoms with Crippen molar-refractivity contribution in [1.82, 2.24) is 4.98 Å². The quantitative estimate of drug-likeness (QED) is 0.298. The van der Waals surface area contributed by atoms with Crippen LogP contribution in [0.5, 0.6) is 0 Å². The summed E-state index contributed by atoms with van der Waals surface area (Å²) in [5.41, 5.74) is 9.02. The first-order valence-electron chi connectivity index (χ1n) is 10.6. The number of hydrogen-bond donors (Lipinski definition) is 2. The highest BCUT2D eigenvalue weighted by molar-refractivity contribution is 6.31. The predicted octanol–water partition coefficient (Wildman–Crippen LogP) is 6.54. The van der Waals surface area contributed by atoms with Gasteiger partial charge in [0, 0.05) is 53.0 Å². The molecule has 2 aromatic rings. The number of aromatic nitrogens is 1. The molecule has 3 N–H and O–H groups in total. The van der Waals surface area contributed by atoms with Crippen LogP contribution in [0.25, 0.3) is 11.1 Å². The number of allylic oxidation sites excluding steroid dienone is 2.